The molecular formula is C29H36N4O3. The fraction of sp³-hybridized carbons (Fsp3) is 0.483. The lowest BCUT2D eigenvalue weighted by Crippen LogP contribution is -2.43. The molecule has 0 radical (unpaired) electrons. The minimum Gasteiger partial charge on any atom is -0.465 e. The number of imidazole rings is 1. The second-order valence-electron chi connectivity index (χ2n) is 10.4. The van der Waals surface area contributed by atoms with Crippen LogP contribution in [0.3, 0.4) is 0 Å². The van der Waals surface area contributed by atoms with Crippen molar-refractivity contribution in [1.29, 1.82) is 0 Å². The summed E-state index contributed by atoms with van der Waals surface area (Å²) in [4.78, 5) is 32.1. The Labute approximate surface area is 212 Å². The van der Waals surface area contributed by atoms with Gasteiger partial charge in [-0.25, -0.2) is 9.78 Å². The molecule has 1 aliphatic carbocycles. The maximum atomic E-state index is 12.8. The molecule has 190 valence electrons. The number of hydrogen-bond acceptors (Lipinski definition) is 5. The number of carbonyl (C=O) groups is 2. The monoisotopic (exact) mass is 488 g/mol. The number of ether oxygens (including phenoxy) is 1. The number of carbonyl (C=O) groups excluding carboxylic acids is 2. The smallest absolute Gasteiger partial charge is 0.337 e. The van der Waals surface area contributed by atoms with Crippen molar-refractivity contribution in [3.63, 3.8) is 0 Å². The first-order chi connectivity index (χ1) is 17.4. The number of methoxy groups -OCH3 is 1. The van der Waals surface area contributed by atoms with Gasteiger partial charge in [-0.05, 0) is 80.5 Å². The van der Waals surface area contributed by atoms with Crippen LogP contribution in [0.5, 0.6) is 0 Å². The minimum atomic E-state index is -0.332. The van der Waals surface area contributed by atoms with Gasteiger partial charge in [0, 0.05) is 25.0 Å². The number of piperidine rings is 1. The molecule has 7 heteroatoms. The van der Waals surface area contributed by atoms with Gasteiger partial charge in [-0.2, -0.15) is 0 Å². The summed E-state index contributed by atoms with van der Waals surface area (Å²) in [5.41, 5.74) is 6.18. The van der Waals surface area contributed by atoms with Gasteiger partial charge >= 0.3 is 5.97 Å². The number of aromatic nitrogens is 2. The zero-order valence-electron chi connectivity index (χ0n) is 21.5. The van der Waals surface area contributed by atoms with Gasteiger partial charge in [0.15, 0.2) is 0 Å². The van der Waals surface area contributed by atoms with Gasteiger partial charge in [-0.1, -0.05) is 25.0 Å². The maximum absolute atomic E-state index is 12.8. The molecule has 3 aromatic rings. The van der Waals surface area contributed by atoms with Gasteiger partial charge in [-0.3, -0.25) is 4.79 Å². The number of amides is 1. The fourth-order valence-electron chi connectivity index (χ4n) is 5.54. The number of nitrogens with zero attached hydrogens (tertiary/aromatic N) is 3. The molecule has 7 nitrogen and oxygen atoms in total. The van der Waals surface area contributed by atoms with Crippen molar-refractivity contribution in [1.82, 2.24) is 14.9 Å². The molecule has 0 spiro atoms. The third kappa shape index (κ3) is 4.97. The molecule has 1 saturated carbocycles. The lowest BCUT2D eigenvalue weighted by atomic mass is 9.95. The number of anilines is 1. The lowest BCUT2D eigenvalue weighted by Gasteiger charge is -2.33. The second kappa shape index (κ2) is 10.3. The highest BCUT2D eigenvalue weighted by Gasteiger charge is 2.29. The molecular weight excluding hydrogens is 452 g/mol. The van der Waals surface area contributed by atoms with Gasteiger partial charge in [0.1, 0.15) is 0 Å². The standard InChI is InChI=1S/C29H36N4O3/c1-19-16-25-26(17-20(19)2)33(18-21-8-10-23(11-9-21)28(35)36-3)29(31-25)32-14-12-22(13-15-32)27(34)30-24-6-4-5-7-24/h8-11,16-17,22,24H,4-7,12-15,18H2,1-3H3,(H,30,34). The average Bonchev–Trinajstić information content (AvgIpc) is 3.52. The van der Waals surface area contributed by atoms with Crippen LogP contribution in [0.4, 0.5) is 5.95 Å². The van der Waals surface area contributed by atoms with E-state index >= 15 is 0 Å². The van der Waals surface area contributed by atoms with Crippen LogP contribution in [0, 0.1) is 19.8 Å². The van der Waals surface area contributed by atoms with Gasteiger partial charge in [0.2, 0.25) is 11.9 Å². The van der Waals surface area contributed by atoms with E-state index in [1.807, 2.05) is 24.3 Å². The molecule has 2 heterocycles. The van der Waals surface area contributed by atoms with Crippen LogP contribution in [0.15, 0.2) is 36.4 Å². The van der Waals surface area contributed by atoms with E-state index < -0.39 is 0 Å². The van der Waals surface area contributed by atoms with Crippen LogP contribution < -0.4 is 10.2 Å². The highest BCUT2D eigenvalue weighted by Crippen LogP contribution is 2.30. The van der Waals surface area contributed by atoms with E-state index in [1.165, 1.54) is 31.1 Å². The number of fused-ring (bicyclic) bond motifs is 1. The number of rotatable bonds is 6. The molecule has 2 aromatic carbocycles. The summed E-state index contributed by atoms with van der Waals surface area (Å²) < 4.78 is 7.11. The first kappa shape index (κ1) is 24.3. The van der Waals surface area contributed by atoms with Crippen LogP contribution in [0.2, 0.25) is 0 Å². The topological polar surface area (TPSA) is 76.5 Å². The Kier molecular flexibility index (Phi) is 6.99. The lowest BCUT2D eigenvalue weighted by molar-refractivity contribution is -0.126. The van der Waals surface area contributed by atoms with E-state index in [4.69, 9.17) is 9.72 Å². The summed E-state index contributed by atoms with van der Waals surface area (Å²) >= 11 is 0. The van der Waals surface area contributed by atoms with Crippen LogP contribution in [0.1, 0.15) is 65.6 Å². The minimum absolute atomic E-state index is 0.0787. The second-order valence-corrected chi connectivity index (χ2v) is 10.4. The van der Waals surface area contributed by atoms with Crippen molar-refractivity contribution in [2.24, 2.45) is 5.92 Å². The van der Waals surface area contributed by atoms with Crippen LogP contribution in [0.25, 0.3) is 11.0 Å². The molecule has 5 rings (SSSR count). The predicted octanol–water partition coefficient (Wildman–Crippen LogP) is 4.76. The van der Waals surface area contributed by atoms with Crippen molar-refractivity contribution in [3.05, 3.63) is 58.7 Å². The SMILES string of the molecule is COC(=O)c1ccc(Cn2c(N3CCC(C(=O)NC4CCCC4)CC3)nc3cc(C)c(C)cc32)cc1. The van der Waals surface area contributed by atoms with E-state index in [2.05, 4.69) is 40.8 Å². The average molecular weight is 489 g/mol. The Morgan fingerprint density at radius 1 is 1.00 bits per heavy atom. The molecule has 1 saturated heterocycles. The van der Waals surface area contributed by atoms with Crippen LogP contribution in [-0.4, -0.2) is 47.7 Å². The molecule has 0 unspecified atom stereocenters. The zero-order valence-corrected chi connectivity index (χ0v) is 21.5. The highest BCUT2D eigenvalue weighted by molar-refractivity contribution is 5.89. The fourth-order valence-corrected chi connectivity index (χ4v) is 5.54. The molecule has 36 heavy (non-hydrogen) atoms. The largest absolute Gasteiger partial charge is 0.465 e. The summed E-state index contributed by atoms with van der Waals surface area (Å²) in [5, 5.41) is 3.29. The summed E-state index contributed by atoms with van der Waals surface area (Å²) in [6.07, 6.45) is 6.37. The Balaban J connectivity index is 1.37. The van der Waals surface area contributed by atoms with Crippen molar-refractivity contribution in [3.8, 4) is 0 Å². The molecule has 1 aromatic heterocycles. The van der Waals surface area contributed by atoms with Gasteiger partial charge in [0.25, 0.3) is 0 Å². The van der Waals surface area contributed by atoms with E-state index in [-0.39, 0.29) is 17.8 Å². The summed E-state index contributed by atoms with van der Waals surface area (Å²) in [7, 11) is 1.39. The van der Waals surface area contributed by atoms with Crippen molar-refractivity contribution in [2.45, 2.75) is 65.0 Å². The number of hydrogen-bond donors (Lipinski definition) is 1. The maximum Gasteiger partial charge on any atom is 0.337 e. The molecule has 2 aliphatic rings. The van der Waals surface area contributed by atoms with E-state index in [1.54, 1.807) is 0 Å². The summed E-state index contributed by atoms with van der Waals surface area (Å²) in [6, 6.07) is 12.3. The van der Waals surface area contributed by atoms with E-state index in [0.29, 0.717) is 18.2 Å². The Morgan fingerprint density at radius 3 is 2.33 bits per heavy atom. The normalized spacial score (nSPS) is 17.0. The van der Waals surface area contributed by atoms with Crippen molar-refractivity contribution >= 4 is 28.9 Å². The first-order valence-corrected chi connectivity index (χ1v) is 13.1. The third-order valence-electron chi connectivity index (χ3n) is 7.91. The Morgan fingerprint density at radius 2 is 1.67 bits per heavy atom. The Hall–Kier alpha value is -3.35. The predicted molar refractivity (Wildman–Crippen MR) is 141 cm³/mol. The zero-order chi connectivity index (χ0) is 25.2. The van der Waals surface area contributed by atoms with Crippen molar-refractivity contribution < 1.29 is 14.3 Å². The molecule has 1 aliphatic heterocycles. The van der Waals surface area contributed by atoms with Crippen molar-refractivity contribution in [2.75, 3.05) is 25.1 Å². The molecule has 1 N–H and O–H groups in total. The van der Waals surface area contributed by atoms with Gasteiger partial charge in [0.05, 0.1) is 30.3 Å². The van der Waals surface area contributed by atoms with Gasteiger partial charge < -0.3 is 19.5 Å². The van der Waals surface area contributed by atoms with E-state index in [0.717, 1.165) is 61.3 Å². The number of nitrogens with one attached hydrogen (secondary N) is 1. The van der Waals surface area contributed by atoms with E-state index in [9.17, 15) is 9.59 Å². The number of aryl methyl sites for hydroxylation is 2. The first-order valence-electron chi connectivity index (χ1n) is 13.1. The quantitative estimate of drug-likeness (QED) is 0.506. The molecule has 0 atom stereocenters. The van der Waals surface area contributed by atoms with Gasteiger partial charge in [-0.15, -0.1) is 0 Å². The molecule has 1 amide bonds. The molecule has 2 fully saturated rings. The number of benzene rings is 2. The third-order valence-corrected chi connectivity index (χ3v) is 7.91. The molecule has 0 bridgehead atoms. The highest BCUT2D eigenvalue weighted by atomic mass is 16.5. The Bertz CT molecular complexity index is 1250. The summed E-state index contributed by atoms with van der Waals surface area (Å²) in [5.74, 6) is 0.921. The van der Waals surface area contributed by atoms with Crippen LogP contribution >= 0.6 is 0 Å². The summed E-state index contributed by atoms with van der Waals surface area (Å²) in [6.45, 7) is 6.52. The van der Waals surface area contributed by atoms with Crippen LogP contribution in [-0.2, 0) is 16.1 Å². The number of esters is 1.